The Labute approximate surface area is 322 Å². The van der Waals surface area contributed by atoms with Gasteiger partial charge in [0, 0.05) is 43.9 Å². The van der Waals surface area contributed by atoms with Gasteiger partial charge in [-0.05, 0) is 76.9 Å². The first-order valence-corrected chi connectivity index (χ1v) is 18.8. The van der Waals surface area contributed by atoms with E-state index in [1.807, 2.05) is 54.6 Å². The average molecular weight is 717 g/mol. The number of aromatic nitrogens is 4. The van der Waals surface area contributed by atoms with Crippen LogP contribution in [0.2, 0.25) is 0 Å². The number of nitrogens with zero attached hydrogens (tertiary/aromatic N) is 4. The maximum absolute atomic E-state index is 6.26. The summed E-state index contributed by atoms with van der Waals surface area (Å²) in [6, 6.07) is 67.6. The van der Waals surface area contributed by atoms with Crippen molar-refractivity contribution >= 4 is 43.7 Å². The summed E-state index contributed by atoms with van der Waals surface area (Å²) >= 11 is 0. The van der Waals surface area contributed by atoms with Crippen LogP contribution in [0.3, 0.4) is 0 Å². The summed E-state index contributed by atoms with van der Waals surface area (Å²) in [5.74, 6) is 1.80. The molecule has 3 aromatic heterocycles. The lowest BCUT2D eigenvalue weighted by molar-refractivity contribution is 0.669. The maximum Gasteiger partial charge on any atom is 0.164 e. The summed E-state index contributed by atoms with van der Waals surface area (Å²) in [7, 11) is 0. The van der Waals surface area contributed by atoms with Crippen LogP contribution in [0.4, 0.5) is 0 Å². The number of benzene rings is 8. The van der Waals surface area contributed by atoms with Gasteiger partial charge in [-0.1, -0.05) is 140 Å². The predicted molar refractivity (Wildman–Crippen MR) is 229 cm³/mol. The SMILES string of the molecule is c1ccc(-c2ccc3c(c2)c2c(-c4cccc(-c5nc(-c6ccccc6)nc(-c6ccc7c(c6)oc6ccccc67)n5)c4)cccc2n3-c2ccccc2)cc1. The minimum absolute atomic E-state index is 0.586. The van der Waals surface area contributed by atoms with E-state index in [2.05, 4.69) is 144 Å². The molecule has 11 rings (SSSR count). The summed E-state index contributed by atoms with van der Waals surface area (Å²) in [5, 5.41) is 4.54. The highest BCUT2D eigenvalue weighted by Gasteiger charge is 2.19. The van der Waals surface area contributed by atoms with Gasteiger partial charge in [0.15, 0.2) is 17.5 Å². The van der Waals surface area contributed by atoms with E-state index in [9.17, 15) is 0 Å². The van der Waals surface area contributed by atoms with Gasteiger partial charge in [-0.25, -0.2) is 15.0 Å². The molecule has 0 aliphatic carbocycles. The lowest BCUT2D eigenvalue weighted by Crippen LogP contribution is -2.00. The molecule has 0 bridgehead atoms. The first-order chi connectivity index (χ1) is 27.7. The maximum atomic E-state index is 6.26. The Kier molecular flexibility index (Phi) is 7.42. The monoisotopic (exact) mass is 716 g/mol. The fraction of sp³-hybridized carbons (Fsp3) is 0. The van der Waals surface area contributed by atoms with E-state index in [-0.39, 0.29) is 0 Å². The molecule has 5 heteroatoms. The van der Waals surface area contributed by atoms with E-state index in [1.165, 1.54) is 21.9 Å². The summed E-state index contributed by atoms with van der Waals surface area (Å²) in [6.45, 7) is 0. The van der Waals surface area contributed by atoms with Crippen LogP contribution >= 0.6 is 0 Å². The van der Waals surface area contributed by atoms with E-state index in [0.717, 1.165) is 66.5 Å². The van der Waals surface area contributed by atoms with Crippen LogP contribution < -0.4 is 0 Å². The molecule has 0 unspecified atom stereocenters. The number of fused-ring (bicyclic) bond motifs is 6. The van der Waals surface area contributed by atoms with Crippen molar-refractivity contribution in [2.24, 2.45) is 0 Å². The Bertz CT molecular complexity index is 3240. The second-order valence-electron chi connectivity index (χ2n) is 14.0. The first kappa shape index (κ1) is 31.9. The van der Waals surface area contributed by atoms with E-state index in [0.29, 0.717) is 17.5 Å². The summed E-state index contributed by atoms with van der Waals surface area (Å²) in [5.41, 5.74) is 12.4. The standard InChI is InChI=1S/C51H32N4O/c1-4-14-33(15-5-1)35-27-29-44-43(31-35)48-40(23-13-24-45(48)55(44)39-20-8-3-9-21-39)36-18-12-19-37(30-36)50-52-49(34-16-6-2-7-17-34)53-51(54-50)38-26-28-42-41-22-10-11-25-46(41)56-47(42)32-38/h1-32H. The minimum atomic E-state index is 0.586. The lowest BCUT2D eigenvalue weighted by atomic mass is 9.96. The number of rotatable bonds is 6. The summed E-state index contributed by atoms with van der Waals surface area (Å²) in [4.78, 5) is 15.2. The number of hydrogen-bond acceptors (Lipinski definition) is 4. The molecule has 0 aliphatic rings. The highest BCUT2D eigenvalue weighted by Crippen LogP contribution is 2.41. The van der Waals surface area contributed by atoms with Crippen LogP contribution in [0.25, 0.3) is 106 Å². The van der Waals surface area contributed by atoms with E-state index >= 15 is 0 Å². The third-order valence-electron chi connectivity index (χ3n) is 10.6. The smallest absolute Gasteiger partial charge is 0.164 e. The molecule has 0 spiro atoms. The molecule has 262 valence electrons. The lowest BCUT2D eigenvalue weighted by Gasteiger charge is -2.11. The molecule has 3 heterocycles. The van der Waals surface area contributed by atoms with Crippen LogP contribution in [0, 0.1) is 0 Å². The van der Waals surface area contributed by atoms with Crippen LogP contribution in [-0.2, 0) is 0 Å². The second-order valence-corrected chi connectivity index (χ2v) is 14.0. The first-order valence-electron chi connectivity index (χ1n) is 18.8. The normalized spacial score (nSPS) is 11.6. The van der Waals surface area contributed by atoms with Gasteiger partial charge in [-0.15, -0.1) is 0 Å². The molecule has 8 aromatic carbocycles. The molecule has 0 N–H and O–H groups in total. The van der Waals surface area contributed by atoms with Gasteiger partial charge in [0.05, 0.1) is 11.0 Å². The molecule has 5 nitrogen and oxygen atoms in total. The highest BCUT2D eigenvalue weighted by atomic mass is 16.3. The van der Waals surface area contributed by atoms with Crippen LogP contribution in [-0.4, -0.2) is 19.5 Å². The Morgan fingerprint density at radius 2 is 0.929 bits per heavy atom. The van der Waals surface area contributed by atoms with Gasteiger partial charge in [0.2, 0.25) is 0 Å². The summed E-state index contributed by atoms with van der Waals surface area (Å²) < 4.78 is 8.64. The van der Waals surface area contributed by atoms with Crippen LogP contribution in [0.5, 0.6) is 0 Å². The molecule has 0 atom stereocenters. The van der Waals surface area contributed by atoms with Crippen LogP contribution in [0.15, 0.2) is 199 Å². The molecule has 0 radical (unpaired) electrons. The quantitative estimate of drug-likeness (QED) is 0.172. The molecule has 0 fully saturated rings. The van der Waals surface area contributed by atoms with Gasteiger partial charge in [0.25, 0.3) is 0 Å². The van der Waals surface area contributed by atoms with Crippen molar-refractivity contribution in [3.63, 3.8) is 0 Å². The highest BCUT2D eigenvalue weighted by molar-refractivity contribution is 6.16. The van der Waals surface area contributed by atoms with Gasteiger partial charge in [-0.3, -0.25) is 0 Å². The van der Waals surface area contributed by atoms with E-state index in [4.69, 9.17) is 19.4 Å². The molecule has 0 saturated carbocycles. The molecular formula is C51H32N4O. The van der Waals surface area contributed by atoms with Crippen molar-refractivity contribution < 1.29 is 4.42 Å². The van der Waals surface area contributed by atoms with Crippen molar-refractivity contribution in [3.8, 4) is 62.1 Å². The largest absolute Gasteiger partial charge is 0.456 e. The topological polar surface area (TPSA) is 56.7 Å². The zero-order valence-corrected chi connectivity index (χ0v) is 30.2. The van der Waals surface area contributed by atoms with Crippen molar-refractivity contribution in [1.82, 2.24) is 19.5 Å². The number of furan rings is 1. The minimum Gasteiger partial charge on any atom is -0.456 e. The van der Waals surface area contributed by atoms with Crippen molar-refractivity contribution in [2.75, 3.05) is 0 Å². The molecule has 0 saturated heterocycles. The summed E-state index contributed by atoms with van der Waals surface area (Å²) in [6.07, 6.45) is 0. The van der Waals surface area contributed by atoms with Crippen molar-refractivity contribution in [2.45, 2.75) is 0 Å². The molecular weight excluding hydrogens is 685 g/mol. The Hall–Kier alpha value is -7.63. The number of para-hydroxylation sites is 2. The molecule has 0 aliphatic heterocycles. The Morgan fingerprint density at radius 3 is 1.71 bits per heavy atom. The Morgan fingerprint density at radius 1 is 0.339 bits per heavy atom. The number of hydrogen-bond donors (Lipinski definition) is 0. The zero-order valence-electron chi connectivity index (χ0n) is 30.2. The molecule has 11 aromatic rings. The van der Waals surface area contributed by atoms with Gasteiger partial charge in [0.1, 0.15) is 11.2 Å². The molecule has 0 amide bonds. The predicted octanol–water partition coefficient (Wildman–Crippen LogP) is 13.2. The van der Waals surface area contributed by atoms with Gasteiger partial charge in [-0.2, -0.15) is 0 Å². The van der Waals surface area contributed by atoms with Crippen molar-refractivity contribution in [3.05, 3.63) is 194 Å². The van der Waals surface area contributed by atoms with E-state index in [1.54, 1.807) is 0 Å². The fourth-order valence-corrected chi connectivity index (χ4v) is 8.02. The van der Waals surface area contributed by atoms with Crippen LogP contribution in [0.1, 0.15) is 0 Å². The fourth-order valence-electron chi connectivity index (χ4n) is 8.02. The molecule has 56 heavy (non-hydrogen) atoms. The second kappa shape index (κ2) is 13.0. The Balaban J connectivity index is 1.10. The third kappa shape index (κ3) is 5.37. The van der Waals surface area contributed by atoms with Crippen molar-refractivity contribution in [1.29, 1.82) is 0 Å². The average Bonchev–Trinajstić information content (AvgIpc) is 3.82. The van der Waals surface area contributed by atoms with E-state index < -0.39 is 0 Å². The third-order valence-corrected chi connectivity index (χ3v) is 10.6. The van der Waals surface area contributed by atoms with Gasteiger partial charge < -0.3 is 8.98 Å². The zero-order chi connectivity index (χ0) is 37.0. The van der Waals surface area contributed by atoms with Gasteiger partial charge >= 0.3 is 0 Å².